The number of pyridine rings is 1. The standard InChI is InChI=1S/C16H31N5/c1-5-16(6-2,21(7-3)8-4)15(20-18)11-13-12-19-10-9-14(13)17/h9-10,12,15,20H,5-8,11,18H2,1-4H3,(H2,17,19). The fourth-order valence-corrected chi connectivity index (χ4v) is 3.50. The number of hydrazine groups is 1. The lowest BCUT2D eigenvalue weighted by molar-refractivity contribution is 0.0492. The van der Waals surface area contributed by atoms with E-state index in [-0.39, 0.29) is 11.6 Å². The van der Waals surface area contributed by atoms with Gasteiger partial charge in [-0.2, -0.15) is 0 Å². The highest BCUT2D eigenvalue weighted by Gasteiger charge is 2.39. The molecule has 0 bridgehead atoms. The lowest BCUT2D eigenvalue weighted by Gasteiger charge is -2.48. The molecule has 0 aromatic carbocycles. The molecule has 21 heavy (non-hydrogen) atoms. The van der Waals surface area contributed by atoms with E-state index in [0.717, 1.165) is 43.6 Å². The van der Waals surface area contributed by atoms with Crippen molar-refractivity contribution in [1.29, 1.82) is 0 Å². The molecular weight excluding hydrogens is 262 g/mol. The molecule has 0 radical (unpaired) electrons. The van der Waals surface area contributed by atoms with Gasteiger partial charge < -0.3 is 5.73 Å². The van der Waals surface area contributed by atoms with Crippen LogP contribution in [0.25, 0.3) is 0 Å². The molecule has 1 aromatic heterocycles. The highest BCUT2D eigenvalue weighted by molar-refractivity contribution is 5.44. The Kier molecular flexibility index (Phi) is 7.08. The lowest BCUT2D eigenvalue weighted by Crippen LogP contribution is -2.63. The molecule has 0 amide bonds. The van der Waals surface area contributed by atoms with Crippen molar-refractivity contribution in [3.8, 4) is 0 Å². The lowest BCUT2D eigenvalue weighted by atomic mass is 9.80. The van der Waals surface area contributed by atoms with Crippen LogP contribution >= 0.6 is 0 Å². The summed E-state index contributed by atoms with van der Waals surface area (Å²) >= 11 is 0. The quantitative estimate of drug-likeness (QED) is 0.479. The summed E-state index contributed by atoms with van der Waals surface area (Å²) in [6, 6.07) is 1.98. The third-order valence-electron chi connectivity index (χ3n) is 4.83. The number of nitrogens with one attached hydrogen (secondary N) is 1. The Morgan fingerprint density at radius 2 is 1.86 bits per heavy atom. The number of hydrogen-bond donors (Lipinski definition) is 3. The maximum absolute atomic E-state index is 6.07. The number of hydrogen-bond acceptors (Lipinski definition) is 5. The van der Waals surface area contributed by atoms with Gasteiger partial charge in [0.05, 0.1) is 0 Å². The number of nitrogen functional groups attached to an aromatic ring is 1. The Bertz CT molecular complexity index is 413. The van der Waals surface area contributed by atoms with Crippen LogP contribution < -0.4 is 17.0 Å². The smallest absolute Gasteiger partial charge is 0.0436 e. The van der Waals surface area contributed by atoms with Crippen LogP contribution in [0.3, 0.4) is 0 Å². The van der Waals surface area contributed by atoms with Gasteiger partial charge in [-0.25, -0.2) is 0 Å². The molecule has 0 saturated heterocycles. The molecule has 120 valence electrons. The Balaban J connectivity index is 3.11. The van der Waals surface area contributed by atoms with E-state index in [1.54, 1.807) is 6.20 Å². The van der Waals surface area contributed by atoms with Crippen molar-refractivity contribution in [2.45, 2.75) is 58.5 Å². The van der Waals surface area contributed by atoms with Crippen molar-refractivity contribution >= 4 is 5.69 Å². The van der Waals surface area contributed by atoms with Crippen LogP contribution in [0.15, 0.2) is 18.5 Å². The summed E-state index contributed by atoms with van der Waals surface area (Å²) in [4.78, 5) is 6.69. The molecular formula is C16H31N5. The van der Waals surface area contributed by atoms with Crippen LogP contribution in [0.5, 0.6) is 0 Å². The van der Waals surface area contributed by atoms with Crippen LogP contribution in [0.1, 0.15) is 46.1 Å². The van der Waals surface area contributed by atoms with E-state index >= 15 is 0 Å². The first-order valence-corrected chi connectivity index (χ1v) is 7.99. The number of likely N-dealkylation sites (N-methyl/N-ethyl adjacent to an activating group) is 1. The minimum Gasteiger partial charge on any atom is -0.398 e. The van der Waals surface area contributed by atoms with Gasteiger partial charge in [0, 0.05) is 29.7 Å². The van der Waals surface area contributed by atoms with Crippen molar-refractivity contribution in [1.82, 2.24) is 15.3 Å². The molecule has 1 unspecified atom stereocenters. The molecule has 0 spiro atoms. The zero-order valence-corrected chi connectivity index (χ0v) is 13.9. The average molecular weight is 293 g/mol. The largest absolute Gasteiger partial charge is 0.398 e. The SMILES string of the molecule is CCN(CC)C(CC)(CC)C(Cc1cnccc1N)NN. The fraction of sp³-hybridized carbons (Fsp3) is 0.688. The topological polar surface area (TPSA) is 80.2 Å². The second-order valence-corrected chi connectivity index (χ2v) is 5.48. The van der Waals surface area contributed by atoms with Crippen LogP contribution in [0, 0.1) is 0 Å². The first-order valence-electron chi connectivity index (χ1n) is 7.99. The second-order valence-electron chi connectivity index (χ2n) is 5.48. The van der Waals surface area contributed by atoms with Crippen molar-refractivity contribution in [3.05, 3.63) is 24.0 Å². The van der Waals surface area contributed by atoms with E-state index in [9.17, 15) is 0 Å². The zero-order valence-electron chi connectivity index (χ0n) is 13.9. The Labute approximate surface area is 129 Å². The maximum Gasteiger partial charge on any atom is 0.0436 e. The van der Waals surface area contributed by atoms with Gasteiger partial charge in [0.15, 0.2) is 0 Å². The van der Waals surface area contributed by atoms with Gasteiger partial charge >= 0.3 is 0 Å². The molecule has 0 aliphatic heterocycles. The molecule has 1 atom stereocenters. The minimum atomic E-state index is 0.0283. The summed E-state index contributed by atoms with van der Waals surface area (Å²) in [5.41, 5.74) is 11.0. The van der Waals surface area contributed by atoms with E-state index in [1.807, 2.05) is 12.3 Å². The predicted molar refractivity (Wildman–Crippen MR) is 89.7 cm³/mol. The van der Waals surface area contributed by atoms with Crippen LogP contribution in [0.2, 0.25) is 0 Å². The van der Waals surface area contributed by atoms with Gasteiger partial charge in [0.1, 0.15) is 0 Å². The van der Waals surface area contributed by atoms with Crippen molar-refractivity contribution < 1.29 is 0 Å². The van der Waals surface area contributed by atoms with Crippen molar-refractivity contribution in [2.24, 2.45) is 5.84 Å². The molecule has 5 heteroatoms. The number of nitrogens with zero attached hydrogens (tertiary/aromatic N) is 2. The Morgan fingerprint density at radius 1 is 1.24 bits per heavy atom. The summed E-state index contributed by atoms with van der Waals surface area (Å²) in [5.74, 6) is 5.92. The van der Waals surface area contributed by atoms with Crippen molar-refractivity contribution in [2.75, 3.05) is 18.8 Å². The summed E-state index contributed by atoms with van der Waals surface area (Å²) in [7, 11) is 0. The highest BCUT2D eigenvalue weighted by Crippen LogP contribution is 2.30. The number of nitrogens with two attached hydrogens (primary N) is 2. The van der Waals surface area contributed by atoms with Crippen LogP contribution in [-0.4, -0.2) is 34.6 Å². The van der Waals surface area contributed by atoms with E-state index in [4.69, 9.17) is 11.6 Å². The Morgan fingerprint density at radius 3 is 2.29 bits per heavy atom. The number of rotatable bonds is 9. The molecule has 0 fully saturated rings. The summed E-state index contributed by atoms with van der Waals surface area (Å²) in [6.45, 7) is 10.9. The van der Waals surface area contributed by atoms with E-state index < -0.39 is 0 Å². The maximum atomic E-state index is 6.07. The molecule has 5 nitrogen and oxygen atoms in total. The van der Waals surface area contributed by atoms with Gasteiger partial charge in [0.25, 0.3) is 0 Å². The second kappa shape index (κ2) is 8.32. The van der Waals surface area contributed by atoms with Crippen LogP contribution in [0.4, 0.5) is 5.69 Å². The normalized spacial score (nSPS) is 13.6. The molecule has 0 aliphatic rings. The van der Waals surface area contributed by atoms with E-state index in [1.165, 1.54) is 0 Å². The third-order valence-corrected chi connectivity index (χ3v) is 4.83. The predicted octanol–water partition coefficient (Wildman–Crippen LogP) is 1.94. The van der Waals surface area contributed by atoms with Crippen LogP contribution in [-0.2, 0) is 6.42 Å². The summed E-state index contributed by atoms with van der Waals surface area (Å²) < 4.78 is 0. The molecule has 1 aromatic rings. The first kappa shape index (κ1) is 17.9. The van der Waals surface area contributed by atoms with E-state index in [0.29, 0.717) is 0 Å². The highest BCUT2D eigenvalue weighted by atomic mass is 15.3. The third kappa shape index (κ3) is 3.73. The Hall–Kier alpha value is -1.17. The van der Waals surface area contributed by atoms with Gasteiger partial charge in [0.2, 0.25) is 0 Å². The first-order chi connectivity index (χ1) is 10.1. The molecule has 1 heterocycles. The summed E-state index contributed by atoms with van der Waals surface area (Å²) in [5, 5.41) is 0. The minimum absolute atomic E-state index is 0.0283. The van der Waals surface area contributed by atoms with E-state index in [2.05, 4.69) is 43.0 Å². The monoisotopic (exact) mass is 293 g/mol. The van der Waals surface area contributed by atoms with Gasteiger partial charge in [-0.15, -0.1) is 0 Å². The number of anilines is 1. The van der Waals surface area contributed by atoms with Gasteiger partial charge in [-0.05, 0) is 44.0 Å². The molecule has 0 saturated carbocycles. The molecule has 0 aliphatic carbocycles. The van der Waals surface area contributed by atoms with Crippen molar-refractivity contribution in [3.63, 3.8) is 0 Å². The number of aromatic nitrogens is 1. The summed E-state index contributed by atoms with van der Waals surface area (Å²) in [6.07, 6.45) is 6.44. The fourth-order valence-electron chi connectivity index (χ4n) is 3.50. The molecule has 5 N–H and O–H groups in total. The van der Waals surface area contributed by atoms with Gasteiger partial charge in [-0.1, -0.05) is 27.7 Å². The average Bonchev–Trinajstić information content (AvgIpc) is 2.52. The zero-order chi connectivity index (χ0) is 15.9. The van der Waals surface area contributed by atoms with Gasteiger partial charge in [-0.3, -0.25) is 21.2 Å². The molecule has 1 rings (SSSR count).